The van der Waals surface area contributed by atoms with Crippen LogP contribution in [0.2, 0.25) is 0 Å². The lowest BCUT2D eigenvalue weighted by Gasteiger charge is -2.19. The van der Waals surface area contributed by atoms with Gasteiger partial charge in [-0.2, -0.15) is 4.31 Å². The number of nitrogens with zero attached hydrogens (tertiary/aromatic N) is 2. The van der Waals surface area contributed by atoms with E-state index in [-0.39, 0.29) is 30.5 Å². The van der Waals surface area contributed by atoms with Gasteiger partial charge in [0.1, 0.15) is 0 Å². The van der Waals surface area contributed by atoms with Crippen LogP contribution < -0.4 is 0 Å². The highest BCUT2D eigenvalue weighted by atomic mass is 32.2. The summed E-state index contributed by atoms with van der Waals surface area (Å²) in [6.45, 7) is -0.344. The lowest BCUT2D eigenvalue weighted by atomic mass is 10.5. The number of aliphatic hydroxyl groups is 1. The fourth-order valence-electron chi connectivity index (χ4n) is 1.34. The van der Waals surface area contributed by atoms with Gasteiger partial charge in [-0.3, -0.25) is 0 Å². The van der Waals surface area contributed by atoms with Crippen LogP contribution in [0.3, 0.4) is 0 Å². The first-order valence-electron chi connectivity index (χ1n) is 5.22. The van der Waals surface area contributed by atoms with Crippen molar-refractivity contribution < 1.29 is 28.2 Å². The van der Waals surface area contributed by atoms with Gasteiger partial charge in [0, 0.05) is 20.2 Å². The van der Waals surface area contributed by atoms with E-state index in [1.165, 1.54) is 7.11 Å². The smallest absolute Gasteiger partial charge is 0.356 e. The number of aliphatic hydroxyl groups excluding tert-OH is 1. The Hall–Kier alpha value is -1.07. The predicted octanol–water partition coefficient (Wildman–Crippen LogP) is -0.529. The average molecular weight is 310 g/mol. The van der Waals surface area contributed by atoms with Gasteiger partial charge in [0.05, 0.1) is 18.7 Å². The van der Waals surface area contributed by atoms with Crippen molar-refractivity contribution in [1.82, 2.24) is 9.29 Å². The van der Waals surface area contributed by atoms with Gasteiger partial charge in [-0.15, -0.1) is 11.3 Å². The molecule has 1 aromatic rings. The lowest BCUT2D eigenvalue weighted by Crippen LogP contribution is -2.36. The Labute approximate surface area is 114 Å². The van der Waals surface area contributed by atoms with Crippen LogP contribution in [-0.4, -0.2) is 67.3 Å². The molecule has 0 spiro atoms. The quantitative estimate of drug-likeness (QED) is 0.663. The third-order valence-corrected chi connectivity index (χ3v) is 5.45. The summed E-state index contributed by atoms with van der Waals surface area (Å²) in [4.78, 5) is 14.4. The molecule has 2 N–H and O–H groups in total. The number of hydrogen-bond acceptors (Lipinski definition) is 7. The molecule has 8 nitrogen and oxygen atoms in total. The molecule has 0 fully saturated rings. The Morgan fingerprint density at radius 2 is 2.21 bits per heavy atom. The summed E-state index contributed by atoms with van der Waals surface area (Å²) < 4.78 is 30.0. The molecule has 0 aliphatic heterocycles. The molecule has 1 aromatic heterocycles. The predicted molar refractivity (Wildman–Crippen MR) is 66.8 cm³/mol. The number of carboxylic acid groups (broad SMARTS) is 1. The Morgan fingerprint density at radius 1 is 1.53 bits per heavy atom. The van der Waals surface area contributed by atoms with Crippen molar-refractivity contribution in [3.8, 4) is 0 Å². The molecule has 0 bridgehead atoms. The third kappa shape index (κ3) is 3.70. The summed E-state index contributed by atoms with van der Waals surface area (Å²) in [5, 5.41) is 17.8. The Morgan fingerprint density at radius 3 is 2.74 bits per heavy atom. The van der Waals surface area contributed by atoms with E-state index >= 15 is 0 Å². The van der Waals surface area contributed by atoms with Gasteiger partial charge >= 0.3 is 5.97 Å². The van der Waals surface area contributed by atoms with Gasteiger partial charge in [0.25, 0.3) is 10.0 Å². The third-order valence-electron chi connectivity index (χ3n) is 2.21. The maximum Gasteiger partial charge on any atom is 0.356 e. The number of rotatable bonds is 8. The molecule has 0 aliphatic rings. The lowest BCUT2D eigenvalue weighted by molar-refractivity contribution is 0.0687. The van der Waals surface area contributed by atoms with Crippen LogP contribution >= 0.6 is 11.3 Å². The zero-order chi connectivity index (χ0) is 14.5. The molecule has 1 heterocycles. The molecule has 10 heteroatoms. The first-order valence-corrected chi connectivity index (χ1v) is 7.53. The number of methoxy groups -OCH3 is 1. The van der Waals surface area contributed by atoms with E-state index in [0.29, 0.717) is 0 Å². The first-order chi connectivity index (χ1) is 8.95. The molecular formula is C9H14N2O6S2. The maximum atomic E-state index is 12.3. The summed E-state index contributed by atoms with van der Waals surface area (Å²) in [6, 6.07) is 0. The van der Waals surface area contributed by atoms with E-state index in [2.05, 4.69) is 4.98 Å². The molecular weight excluding hydrogens is 296 g/mol. The molecule has 0 amide bonds. The molecule has 0 atom stereocenters. The molecule has 0 saturated carbocycles. The van der Waals surface area contributed by atoms with Crippen LogP contribution in [-0.2, 0) is 14.8 Å². The van der Waals surface area contributed by atoms with Gasteiger partial charge in [-0.1, -0.05) is 0 Å². The van der Waals surface area contributed by atoms with Crippen molar-refractivity contribution in [2.24, 2.45) is 0 Å². The zero-order valence-corrected chi connectivity index (χ0v) is 11.8. The molecule has 0 unspecified atom stereocenters. The Kier molecular flexibility index (Phi) is 5.82. The van der Waals surface area contributed by atoms with Crippen molar-refractivity contribution in [3.63, 3.8) is 0 Å². The minimum absolute atomic E-state index is 0.0242. The van der Waals surface area contributed by atoms with E-state index in [1.807, 2.05) is 0 Å². The van der Waals surface area contributed by atoms with Gasteiger partial charge < -0.3 is 14.9 Å². The molecule has 0 aliphatic carbocycles. The summed E-state index contributed by atoms with van der Waals surface area (Å²) in [6.07, 6.45) is 0. The molecule has 0 saturated heterocycles. The molecule has 19 heavy (non-hydrogen) atoms. The number of carboxylic acids is 1. The standard InChI is InChI=1S/C9H14N2O6S2/c1-17-5-3-11(2-4-12)19(15,16)9-7(8(13)14)10-6-18-9/h6,12H,2-5H2,1H3,(H,13,14). The van der Waals surface area contributed by atoms with Crippen molar-refractivity contribution in [1.29, 1.82) is 0 Å². The van der Waals surface area contributed by atoms with E-state index in [0.717, 1.165) is 21.2 Å². The molecule has 1 rings (SSSR count). The highest BCUT2D eigenvalue weighted by Gasteiger charge is 2.31. The van der Waals surface area contributed by atoms with E-state index < -0.39 is 21.7 Å². The van der Waals surface area contributed by atoms with Gasteiger partial charge in [0.2, 0.25) is 0 Å². The topological polar surface area (TPSA) is 117 Å². The number of ether oxygens (including phenoxy) is 1. The number of aromatic nitrogens is 1. The number of thiazole rings is 1. The Bertz CT molecular complexity index is 527. The normalized spacial score (nSPS) is 11.9. The van der Waals surface area contributed by atoms with Crippen LogP contribution in [0.5, 0.6) is 0 Å². The van der Waals surface area contributed by atoms with Crippen molar-refractivity contribution in [3.05, 3.63) is 11.2 Å². The second-order valence-electron chi connectivity index (χ2n) is 3.41. The minimum atomic E-state index is -4.00. The van der Waals surface area contributed by atoms with Gasteiger partial charge in [0.15, 0.2) is 9.90 Å². The van der Waals surface area contributed by atoms with E-state index in [9.17, 15) is 13.2 Å². The fourth-order valence-corrected chi connectivity index (χ4v) is 4.03. The maximum absolute atomic E-state index is 12.3. The van der Waals surface area contributed by atoms with E-state index in [1.54, 1.807) is 0 Å². The molecule has 0 aromatic carbocycles. The zero-order valence-electron chi connectivity index (χ0n) is 10.1. The van der Waals surface area contributed by atoms with Crippen LogP contribution in [0.1, 0.15) is 10.5 Å². The monoisotopic (exact) mass is 310 g/mol. The molecule has 108 valence electrons. The highest BCUT2D eigenvalue weighted by molar-refractivity contribution is 7.91. The van der Waals surface area contributed by atoms with Gasteiger partial charge in [-0.05, 0) is 0 Å². The van der Waals surface area contributed by atoms with Crippen molar-refractivity contribution in [2.45, 2.75) is 4.21 Å². The summed E-state index contributed by atoms with van der Waals surface area (Å²) >= 11 is 0.728. The SMILES string of the molecule is COCCN(CCO)S(=O)(=O)c1scnc1C(=O)O. The number of carbonyl (C=O) groups is 1. The van der Waals surface area contributed by atoms with Crippen LogP contribution in [0.15, 0.2) is 9.72 Å². The molecule has 0 radical (unpaired) electrons. The average Bonchev–Trinajstić information content (AvgIpc) is 2.84. The van der Waals surface area contributed by atoms with Crippen molar-refractivity contribution >= 4 is 27.3 Å². The number of aromatic carboxylic acids is 1. The number of sulfonamides is 1. The van der Waals surface area contributed by atoms with Gasteiger partial charge in [-0.25, -0.2) is 18.2 Å². The minimum Gasteiger partial charge on any atom is -0.476 e. The van der Waals surface area contributed by atoms with E-state index in [4.69, 9.17) is 14.9 Å². The van der Waals surface area contributed by atoms with Crippen LogP contribution in [0.4, 0.5) is 0 Å². The summed E-state index contributed by atoms with van der Waals surface area (Å²) in [7, 11) is -2.58. The highest BCUT2D eigenvalue weighted by Crippen LogP contribution is 2.23. The largest absolute Gasteiger partial charge is 0.476 e. The van der Waals surface area contributed by atoms with Crippen molar-refractivity contribution in [2.75, 3.05) is 33.4 Å². The second kappa shape index (κ2) is 6.91. The van der Waals surface area contributed by atoms with Crippen LogP contribution in [0, 0.1) is 0 Å². The Balaban J connectivity index is 3.11. The van der Waals surface area contributed by atoms with Crippen LogP contribution in [0.25, 0.3) is 0 Å². The summed E-state index contributed by atoms with van der Waals surface area (Å²) in [5.74, 6) is -1.41. The summed E-state index contributed by atoms with van der Waals surface area (Å²) in [5.41, 5.74) is 0.648. The first kappa shape index (κ1) is 16.0. The number of hydrogen-bond donors (Lipinski definition) is 2. The fraction of sp³-hybridized carbons (Fsp3) is 0.556. The second-order valence-corrected chi connectivity index (χ2v) is 6.40.